The fourth-order valence-corrected chi connectivity index (χ4v) is 24.8. The van der Waals surface area contributed by atoms with E-state index >= 15 is 0 Å². The van der Waals surface area contributed by atoms with Gasteiger partial charge < -0.3 is 9.80 Å². The van der Waals surface area contributed by atoms with Crippen LogP contribution in [0.3, 0.4) is 0 Å². The summed E-state index contributed by atoms with van der Waals surface area (Å²) in [6.45, 7) is 0. The fraction of sp³-hybridized carbons (Fsp3) is 0.0308. The van der Waals surface area contributed by atoms with E-state index in [1.54, 1.807) is 0 Å². The molecular formula is C130H84N2. The van der Waals surface area contributed by atoms with Gasteiger partial charge in [0, 0.05) is 34.1 Å². The predicted molar refractivity (Wildman–Crippen MR) is 549 cm³/mol. The Bertz CT molecular complexity index is 7710. The molecule has 8 aliphatic carbocycles. The fourth-order valence-electron chi connectivity index (χ4n) is 24.8. The lowest BCUT2D eigenvalue weighted by Gasteiger charge is -2.33. The minimum atomic E-state index is -0.402. The van der Waals surface area contributed by atoms with Crippen molar-refractivity contribution >= 4 is 91.5 Å². The Hall–Kier alpha value is -16.8. The van der Waals surface area contributed by atoms with E-state index in [4.69, 9.17) is 0 Å². The summed E-state index contributed by atoms with van der Waals surface area (Å²) in [6.07, 6.45) is 9.75. The first-order valence-corrected chi connectivity index (χ1v) is 46.2. The number of hydrogen-bond acceptors (Lipinski definition) is 2. The quantitative estimate of drug-likeness (QED) is 0.127. The van der Waals surface area contributed by atoms with Crippen molar-refractivity contribution in [2.75, 3.05) is 9.80 Å². The second-order valence-electron chi connectivity index (χ2n) is 36.2. The standard InChI is InChI=1S/C66H43N.C64H41N/c1-2-16-44(17-3-1)45-30-36-50(37-31-45)67(51-38-32-46(33-39-51)63-42-48-18-4-10-24-57(48)65(63)59-26-12-6-20-53(59)54-21-7-13-27-60(54)65)52-40-34-47(35-41-52)64-43-49-19-5-11-25-58(49)66(64)61-28-14-8-22-55(61)56-23-9-15-29-62(56)66;1-2-16-45-39-50(38-29-42(45)15-1)65(48-34-30-43(31-35-48)61-40-46-17-3-9-23-55(46)63(61)57-25-11-5-19-51(57)52-20-6-12-26-58(52)63)49-36-32-44(33-37-49)62-41-47-18-4-10-24-56(47)64(62)59-27-13-7-21-53(59)54-22-8-14-28-60(54)64/h1-43H;1-41H. The van der Waals surface area contributed by atoms with Crippen molar-refractivity contribution in [2.24, 2.45) is 0 Å². The van der Waals surface area contributed by atoms with Crippen molar-refractivity contribution in [3.63, 3.8) is 0 Å². The molecule has 0 fully saturated rings. The van der Waals surface area contributed by atoms with Gasteiger partial charge in [-0.2, -0.15) is 0 Å². The van der Waals surface area contributed by atoms with Gasteiger partial charge in [-0.1, -0.05) is 413 Å². The Kier molecular flexibility index (Phi) is 16.8. The Labute approximate surface area is 769 Å². The van der Waals surface area contributed by atoms with Crippen molar-refractivity contribution in [1.29, 1.82) is 0 Å². The molecular weight excluding hydrogens is 1590 g/mol. The second kappa shape index (κ2) is 29.4. The molecule has 132 heavy (non-hydrogen) atoms. The molecule has 0 aromatic heterocycles. The summed E-state index contributed by atoms with van der Waals surface area (Å²) >= 11 is 0. The normalized spacial score (nSPS) is 14.8. The maximum Gasteiger partial charge on any atom is 0.0725 e. The summed E-state index contributed by atoms with van der Waals surface area (Å²) in [5.74, 6) is 0. The Morgan fingerprint density at radius 1 is 0.129 bits per heavy atom. The Morgan fingerprint density at radius 2 is 0.318 bits per heavy atom. The molecule has 20 aromatic carbocycles. The number of anilines is 6. The first-order valence-electron chi connectivity index (χ1n) is 46.2. The highest BCUT2D eigenvalue weighted by Gasteiger charge is 2.56. The van der Waals surface area contributed by atoms with E-state index in [9.17, 15) is 0 Å². The highest BCUT2D eigenvalue weighted by Crippen LogP contribution is 2.68. The van der Waals surface area contributed by atoms with Gasteiger partial charge in [0.05, 0.1) is 21.7 Å². The van der Waals surface area contributed by atoms with Crippen LogP contribution in [0.5, 0.6) is 0 Å². The van der Waals surface area contributed by atoms with Crippen LogP contribution in [0.4, 0.5) is 34.1 Å². The second-order valence-corrected chi connectivity index (χ2v) is 36.2. The number of rotatable bonds is 11. The first-order chi connectivity index (χ1) is 65.4. The summed E-state index contributed by atoms with van der Waals surface area (Å²) < 4.78 is 0. The Balaban J connectivity index is 0.000000135. The van der Waals surface area contributed by atoms with Gasteiger partial charge in [0.25, 0.3) is 0 Å². The van der Waals surface area contributed by atoms with Crippen molar-refractivity contribution in [3.8, 4) is 55.6 Å². The molecule has 614 valence electrons. The molecule has 0 saturated carbocycles. The number of allylic oxidation sites excluding steroid dienone is 4. The molecule has 28 rings (SSSR count). The molecule has 0 unspecified atom stereocenters. The van der Waals surface area contributed by atoms with E-state index in [2.05, 4.69) is 519 Å². The third-order valence-corrected chi connectivity index (χ3v) is 30.1. The maximum atomic E-state index is 2.44. The zero-order valence-corrected chi connectivity index (χ0v) is 72.4. The monoisotopic (exact) mass is 1670 g/mol. The predicted octanol–water partition coefficient (Wildman–Crippen LogP) is 32.6. The first kappa shape index (κ1) is 75.4. The van der Waals surface area contributed by atoms with Crippen LogP contribution in [0.15, 0.2) is 485 Å². The number of benzene rings is 20. The zero-order valence-electron chi connectivity index (χ0n) is 72.4. The van der Waals surface area contributed by atoms with Crippen molar-refractivity contribution in [3.05, 3.63) is 597 Å². The van der Waals surface area contributed by atoms with Crippen LogP contribution in [-0.4, -0.2) is 0 Å². The largest absolute Gasteiger partial charge is 0.311 e. The molecule has 0 N–H and O–H groups in total. The van der Waals surface area contributed by atoms with E-state index in [0.29, 0.717) is 0 Å². The molecule has 0 heterocycles. The molecule has 2 heteroatoms. The molecule has 2 nitrogen and oxygen atoms in total. The van der Waals surface area contributed by atoms with Crippen LogP contribution in [-0.2, 0) is 21.7 Å². The lowest BCUT2D eigenvalue weighted by molar-refractivity contribution is 0.842. The summed E-state index contributed by atoms with van der Waals surface area (Å²) in [7, 11) is 0. The van der Waals surface area contributed by atoms with Crippen LogP contribution in [0, 0.1) is 0 Å². The lowest BCUT2D eigenvalue weighted by atomic mass is 9.68. The SMILES string of the molecule is C1=C(c2ccc(N(c3ccc(C4=Cc5ccccc5C45c4ccccc4-c4ccccc45)cc3)c3ccc(-c4ccccc4)cc3)cc2)C2(c3ccccc31)c1ccccc1-c1ccccc12.C1=C(c2ccc(N(c3ccc(C4=Cc5ccccc5C45c4ccccc4-c4ccccc45)cc3)c3ccc4ccccc4c3)cc2)C2(c3ccccc31)c1ccccc1-c1ccccc12. The van der Waals surface area contributed by atoms with Crippen LogP contribution in [0.1, 0.15) is 111 Å². The van der Waals surface area contributed by atoms with E-state index in [0.717, 1.165) is 34.1 Å². The molecule has 20 aromatic rings. The van der Waals surface area contributed by atoms with Crippen molar-refractivity contribution in [2.45, 2.75) is 21.7 Å². The molecule has 0 bridgehead atoms. The van der Waals surface area contributed by atoms with Gasteiger partial charge in [0.1, 0.15) is 0 Å². The molecule has 0 amide bonds. The highest BCUT2D eigenvalue weighted by atomic mass is 15.1. The lowest BCUT2D eigenvalue weighted by Crippen LogP contribution is -2.26. The van der Waals surface area contributed by atoms with Gasteiger partial charge >= 0.3 is 0 Å². The maximum absolute atomic E-state index is 2.44. The van der Waals surface area contributed by atoms with Gasteiger partial charge in [0.15, 0.2) is 0 Å². The van der Waals surface area contributed by atoms with Gasteiger partial charge in [-0.15, -0.1) is 0 Å². The number of nitrogens with zero attached hydrogens (tertiary/aromatic N) is 2. The molecule has 0 radical (unpaired) electrons. The smallest absolute Gasteiger partial charge is 0.0725 e. The molecule has 0 atom stereocenters. The van der Waals surface area contributed by atoms with E-state index in [-0.39, 0.29) is 0 Å². The highest BCUT2D eigenvalue weighted by molar-refractivity contribution is 6.11. The van der Waals surface area contributed by atoms with Crippen molar-refractivity contribution < 1.29 is 0 Å². The molecule has 0 saturated heterocycles. The summed E-state index contributed by atoms with van der Waals surface area (Å²) in [4.78, 5) is 4.82. The molecule has 8 aliphatic rings. The number of fused-ring (bicyclic) bond motifs is 29. The van der Waals surface area contributed by atoms with Crippen molar-refractivity contribution in [1.82, 2.24) is 0 Å². The Morgan fingerprint density at radius 3 is 0.583 bits per heavy atom. The minimum Gasteiger partial charge on any atom is -0.311 e. The van der Waals surface area contributed by atoms with Gasteiger partial charge in [-0.05, 0) is 297 Å². The summed E-state index contributed by atoms with van der Waals surface area (Å²) in [5, 5.41) is 2.44. The van der Waals surface area contributed by atoms with Crippen LogP contribution >= 0.6 is 0 Å². The van der Waals surface area contributed by atoms with Crippen LogP contribution < -0.4 is 9.80 Å². The van der Waals surface area contributed by atoms with E-state index in [1.165, 1.54) is 200 Å². The van der Waals surface area contributed by atoms with E-state index in [1.807, 2.05) is 0 Å². The average molecular weight is 1670 g/mol. The van der Waals surface area contributed by atoms with Crippen LogP contribution in [0.25, 0.3) is 113 Å². The van der Waals surface area contributed by atoms with Crippen LogP contribution in [0.2, 0.25) is 0 Å². The average Bonchev–Trinajstić information content (AvgIpc) is 1.53. The topological polar surface area (TPSA) is 6.48 Å². The summed E-state index contributed by atoms with van der Waals surface area (Å²) in [5.41, 5.74) is 49.4. The zero-order chi connectivity index (χ0) is 86.8. The third-order valence-electron chi connectivity index (χ3n) is 30.1. The van der Waals surface area contributed by atoms with E-state index < -0.39 is 21.7 Å². The number of hydrogen-bond donors (Lipinski definition) is 0. The summed E-state index contributed by atoms with van der Waals surface area (Å²) in [6, 6.07) is 181. The molecule has 4 spiro atoms. The third kappa shape index (κ3) is 10.7. The van der Waals surface area contributed by atoms with Gasteiger partial charge in [0.2, 0.25) is 0 Å². The van der Waals surface area contributed by atoms with Gasteiger partial charge in [-0.3, -0.25) is 0 Å². The van der Waals surface area contributed by atoms with Gasteiger partial charge in [-0.25, -0.2) is 0 Å². The minimum absolute atomic E-state index is 0.397. The molecule has 0 aliphatic heterocycles.